The number of nitrogens with zero attached hydrogens (tertiary/aromatic N) is 1. The fraction of sp³-hybridized carbons (Fsp3) is 0.472. The number of hydrogen-bond acceptors (Lipinski definition) is 3. The first kappa shape index (κ1) is 27.2. The van der Waals surface area contributed by atoms with Crippen LogP contribution in [-0.4, -0.2) is 29.0 Å². The predicted molar refractivity (Wildman–Crippen MR) is 166 cm³/mol. The highest BCUT2D eigenvalue weighted by molar-refractivity contribution is 5.89. The van der Waals surface area contributed by atoms with Crippen LogP contribution in [0.3, 0.4) is 0 Å². The smallest absolute Gasteiger partial charge is 0.0807 e. The molecule has 4 aliphatic rings. The Kier molecular flexibility index (Phi) is 7.83. The molecule has 4 heteroatoms. The van der Waals surface area contributed by atoms with Gasteiger partial charge in [-0.25, -0.2) is 0 Å². The Balaban J connectivity index is 1.30. The first-order chi connectivity index (χ1) is 19.4. The first-order valence-corrected chi connectivity index (χ1v) is 15.4. The third-order valence-electron chi connectivity index (χ3n) is 9.92. The Morgan fingerprint density at radius 2 is 1.82 bits per heavy atom. The second kappa shape index (κ2) is 11.5. The van der Waals surface area contributed by atoms with Crippen LogP contribution in [0.5, 0.6) is 0 Å². The number of morpholine rings is 1. The number of benzene rings is 1. The van der Waals surface area contributed by atoms with Crippen molar-refractivity contribution in [2.24, 2.45) is 11.8 Å². The second-order valence-electron chi connectivity index (χ2n) is 12.8. The van der Waals surface area contributed by atoms with Gasteiger partial charge in [-0.2, -0.15) is 5.10 Å². The molecule has 1 spiro atoms. The standard InChI is InChI=1S/C36H45N3O/c1-24-16-18-36(19-17-24)23-37-34(22-40-36)29-14-15-31-30(11-6-5-8-27(4)32(31)20-29)33-21-38-39-35(33)28-10-7-9-25(2)26(3)12-13-28/h5-7,9-11,13-15,20-21,24,26-27,34,37H,8,12,16-19,22-23H2,1-4H3,(H,38,39)/b6-5+,10-7-,25-9+,28-13-,30-11+. The second-order valence-corrected chi connectivity index (χ2v) is 12.8. The van der Waals surface area contributed by atoms with Crippen molar-refractivity contribution >= 4 is 11.1 Å². The molecule has 3 atom stereocenters. The van der Waals surface area contributed by atoms with E-state index in [0.29, 0.717) is 11.8 Å². The molecular formula is C36H45N3O. The summed E-state index contributed by atoms with van der Waals surface area (Å²) in [7, 11) is 0. The van der Waals surface area contributed by atoms with Crippen molar-refractivity contribution in [1.29, 1.82) is 0 Å². The zero-order chi connectivity index (χ0) is 27.7. The van der Waals surface area contributed by atoms with Gasteiger partial charge < -0.3 is 10.1 Å². The summed E-state index contributed by atoms with van der Waals surface area (Å²) >= 11 is 0. The molecule has 1 saturated carbocycles. The lowest BCUT2D eigenvalue weighted by Gasteiger charge is -2.45. The number of fused-ring (bicyclic) bond motifs is 1. The number of H-pyrrole nitrogens is 1. The van der Waals surface area contributed by atoms with E-state index in [4.69, 9.17) is 4.74 Å². The fourth-order valence-corrected chi connectivity index (χ4v) is 6.77. The van der Waals surface area contributed by atoms with Crippen LogP contribution in [0.1, 0.15) is 106 Å². The van der Waals surface area contributed by atoms with E-state index in [1.807, 2.05) is 6.20 Å². The van der Waals surface area contributed by atoms with Gasteiger partial charge >= 0.3 is 0 Å². The van der Waals surface area contributed by atoms with Crippen LogP contribution in [0.15, 0.2) is 72.5 Å². The topological polar surface area (TPSA) is 49.9 Å². The summed E-state index contributed by atoms with van der Waals surface area (Å²) in [6.07, 6.45) is 24.8. The van der Waals surface area contributed by atoms with Gasteiger partial charge in [-0.1, -0.05) is 87.1 Å². The molecule has 2 heterocycles. The number of aromatic nitrogens is 2. The maximum atomic E-state index is 6.62. The largest absolute Gasteiger partial charge is 0.372 e. The van der Waals surface area contributed by atoms with Gasteiger partial charge in [-0.05, 0) is 91.0 Å². The molecule has 3 aliphatic carbocycles. The minimum atomic E-state index is 0.0463. The zero-order valence-corrected chi connectivity index (χ0v) is 24.7. The molecule has 1 aromatic heterocycles. The van der Waals surface area contributed by atoms with Gasteiger partial charge in [0, 0.05) is 12.1 Å². The normalized spacial score (nSPS) is 36.4. The van der Waals surface area contributed by atoms with Crippen LogP contribution in [0.25, 0.3) is 11.1 Å². The van der Waals surface area contributed by atoms with E-state index < -0.39 is 0 Å². The SMILES string of the molecule is C\C1=C/C=C\C(c2[nH]ncc2/C2=C/C=C/CC(C)c3cc(C4COC5(CCC(C)CC5)CN4)ccc32)=C\CC1C. The lowest BCUT2D eigenvalue weighted by Crippen LogP contribution is -2.52. The number of rotatable bonds is 3. The van der Waals surface area contributed by atoms with E-state index in [1.165, 1.54) is 59.1 Å². The monoisotopic (exact) mass is 535 g/mol. The van der Waals surface area contributed by atoms with E-state index >= 15 is 0 Å². The van der Waals surface area contributed by atoms with Gasteiger partial charge in [-0.15, -0.1) is 0 Å². The highest BCUT2D eigenvalue weighted by Crippen LogP contribution is 2.40. The molecule has 4 nitrogen and oxygen atoms in total. The lowest BCUT2D eigenvalue weighted by atomic mass is 9.78. The molecule has 210 valence electrons. The van der Waals surface area contributed by atoms with Crippen LogP contribution < -0.4 is 5.32 Å². The average molecular weight is 536 g/mol. The molecule has 2 fully saturated rings. The van der Waals surface area contributed by atoms with E-state index in [1.54, 1.807) is 0 Å². The quantitative estimate of drug-likeness (QED) is 0.415. The third kappa shape index (κ3) is 5.49. The maximum Gasteiger partial charge on any atom is 0.0807 e. The molecule has 2 aromatic rings. The van der Waals surface area contributed by atoms with Crippen LogP contribution >= 0.6 is 0 Å². The lowest BCUT2D eigenvalue weighted by molar-refractivity contribution is -0.109. The molecule has 1 saturated heterocycles. The summed E-state index contributed by atoms with van der Waals surface area (Å²) in [5.74, 6) is 1.79. The molecule has 2 N–H and O–H groups in total. The minimum absolute atomic E-state index is 0.0463. The van der Waals surface area contributed by atoms with E-state index in [9.17, 15) is 0 Å². The van der Waals surface area contributed by atoms with Crippen LogP contribution in [0.2, 0.25) is 0 Å². The summed E-state index contributed by atoms with van der Waals surface area (Å²) in [6.45, 7) is 11.0. The molecular weight excluding hydrogens is 490 g/mol. The maximum absolute atomic E-state index is 6.62. The van der Waals surface area contributed by atoms with Crippen molar-refractivity contribution in [3.05, 3.63) is 100 Å². The van der Waals surface area contributed by atoms with Gasteiger partial charge in [0.2, 0.25) is 0 Å². The molecule has 0 amide bonds. The van der Waals surface area contributed by atoms with Crippen molar-refractivity contribution in [1.82, 2.24) is 15.5 Å². The van der Waals surface area contributed by atoms with Crippen molar-refractivity contribution in [2.45, 2.75) is 83.8 Å². The highest BCUT2D eigenvalue weighted by atomic mass is 16.5. The van der Waals surface area contributed by atoms with Crippen molar-refractivity contribution in [2.75, 3.05) is 13.2 Å². The van der Waals surface area contributed by atoms with Crippen LogP contribution in [-0.2, 0) is 4.74 Å². The summed E-state index contributed by atoms with van der Waals surface area (Å²) in [5, 5.41) is 11.8. The Labute approximate surface area is 240 Å². The molecule has 0 radical (unpaired) electrons. The van der Waals surface area contributed by atoms with Crippen LogP contribution in [0, 0.1) is 11.8 Å². The Morgan fingerprint density at radius 1 is 0.975 bits per heavy atom. The molecule has 40 heavy (non-hydrogen) atoms. The number of hydrogen-bond donors (Lipinski definition) is 2. The van der Waals surface area contributed by atoms with E-state index in [-0.39, 0.29) is 11.6 Å². The average Bonchev–Trinajstić information content (AvgIpc) is 3.44. The minimum Gasteiger partial charge on any atom is -0.372 e. The number of allylic oxidation sites excluding steroid dienone is 9. The Hall–Kier alpha value is -2.95. The van der Waals surface area contributed by atoms with Crippen LogP contribution in [0.4, 0.5) is 0 Å². The highest BCUT2D eigenvalue weighted by Gasteiger charge is 2.39. The van der Waals surface area contributed by atoms with E-state index in [0.717, 1.165) is 43.2 Å². The Bertz CT molecular complexity index is 1370. The van der Waals surface area contributed by atoms with Crippen molar-refractivity contribution in [3.8, 4) is 0 Å². The first-order valence-electron chi connectivity index (χ1n) is 15.4. The van der Waals surface area contributed by atoms with Crippen molar-refractivity contribution in [3.63, 3.8) is 0 Å². The van der Waals surface area contributed by atoms with Gasteiger partial charge in [0.1, 0.15) is 0 Å². The summed E-state index contributed by atoms with van der Waals surface area (Å²) in [5.41, 5.74) is 10.2. The number of ether oxygens (including phenoxy) is 1. The molecule has 1 aromatic carbocycles. The van der Waals surface area contributed by atoms with Gasteiger partial charge in [-0.3, -0.25) is 5.10 Å². The predicted octanol–water partition coefficient (Wildman–Crippen LogP) is 8.44. The van der Waals surface area contributed by atoms with E-state index in [2.05, 4.69) is 104 Å². The molecule has 0 bridgehead atoms. The number of aromatic amines is 1. The summed E-state index contributed by atoms with van der Waals surface area (Å²) in [6, 6.07) is 7.34. The van der Waals surface area contributed by atoms with Gasteiger partial charge in [0.25, 0.3) is 0 Å². The molecule has 1 aliphatic heterocycles. The zero-order valence-electron chi connectivity index (χ0n) is 24.7. The van der Waals surface area contributed by atoms with Crippen molar-refractivity contribution < 1.29 is 4.74 Å². The van der Waals surface area contributed by atoms with Gasteiger partial charge in [0.05, 0.1) is 30.1 Å². The fourth-order valence-electron chi connectivity index (χ4n) is 6.77. The molecule has 6 rings (SSSR count). The molecule has 3 unspecified atom stereocenters. The third-order valence-corrected chi connectivity index (χ3v) is 9.92. The summed E-state index contributed by atoms with van der Waals surface area (Å²) < 4.78 is 6.62. The van der Waals surface area contributed by atoms with Gasteiger partial charge in [0.15, 0.2) is 0 Å². The Morgan fingerprint density at radius 3 is 2.62 bits per heavy atom. The summed E-state index contributed by atoms with van der Waals surface area (Å²) in [4.78, 5) is 0. The number of nitrogens with one attached hydrogen (secondary N) is 2.